The van der Waals surface area contributed by atoms with Crippen molar-refractivity contribution in [2.45, 2.75) is 45.6 Å². The van der Waals surface area contributed by atoms with Crippen molar-refractivity contribution >= 4 is 11.7 Å². The van der Waals surface area contributed by atoms with Crippen LogP contribution in [-0.2, 0) is 0 Å². The van der Waals surface area contributed by atoms with Gasteiger partial charge in [-0.25, -0.2) is 15.0 Å². The van der Waals surface area contributed by atoms with E-state index in [1.54, 1.807) is 24.8 Å². The van der Waals surface area contributed by atoms with E-state index in [2.05, 4.69) is 45.4 Å². The van der Waals surface area contributed by atoms with Gasteiger partial charge in [-0.15, -0.1) is 0 Å². The first-order valence-electron chi connectivity index (χ1n) is 12.5. The summed E-state index contributed by atoms with van der Waals surface area (Å²) in [4.78, 5) is 30.4. The van der Waals surface area contributed by atoms with E-state index in [0.717, 1.165) is 39.6 Å². The Morgan fingerprint density at radius 3 is 2.78 bits per heavy atom. The van der Waals surface area contributed by atoms with Crippen LogP contribution in [0.4, 0.5) is 5.82 Å². The maximum absolute atomic E-state index is 13.7. The normalized spacial score (nSPS) is 13.3. The zero-order valence-electron chi connectivity index (χ0n) is 21.0. The molecular formula is C28H28N8O. The van der Waals surface area contributed by atoms with Crippen LogP contribution in [0.1, 0.15) is 60.3 Å². The molecule has 0 atom stereocenters. The lowest BCUT2D eigenvalue weighted by Gasteiger charge is -2.17. The molecule has 186 valence electrons. The van der Waals surface area contributed by atoms with Crippen molar-refractivity contribution in [3.63, 3.8) is 0 Å². The Kier molecular flexibility index (Phi) is 5.67. The van der Waals surface area contributed by atoms with Gasteiger partial charge in [0.25, 0.3) is 5.91 Å². The fourth-order valence-electron chi connectivity index (χ4n) is 4.69. The standard InChI is InChI=1S/C28H28N8O/c1-17(2)36-24(11-12-32-36)21-5-4-6-25(33-21)34-28(37)20-10-7-18(3)27(26(20)22-13-29-15-30-22)35-14-23(31-16-35)19-8-9-19/h4-7,10-17,19H,8-9H2,1-3H3,(H,29,30)(H,33,34,37). The molecule has 5 aromatic rings. The number of amides is 1. The number of hydrogen-bond acceptors (Lipinski definition) is 5. The van der Waals surface area contributed by atoms with Crippen LogP contribution in [0.2, 0.25) is 0 Å². The van der Waals surface area contributed by atoms with Crippen LogP contribution >= 0.6 is 0 Å². The number of hydrogen-bond donors (Lipinski definition) is 2. The molecule has 1 fully saturated rings. The lowest BCUT2D eigenvalue weighted by atomic mass is 9.98. The second-order valence-electron chi connectivity index (χ2n) is 9.72. The highest BCUT2D eigenvalue weighted by atomic mass is 16.1. The van der Waals surface area contributed by atoms with Gasteiger partial charge in [0.05, 0.1) is 52.9 Å². The van der Waals surface area contributed by atoms with E-state index in [1.165, 1.54) is 12.8 Å². The molecule has 1 aromatic carbocycles. The number of aromatic amines is 1. The van der Waals surface area contributed by atoms with E-state index in [-0.39, 0.29) is 11.9 Å². The smallest absolute Gasteiger partial charge is 0.257 e. The van der Waals surface area contributed by atoms with Crippen molar-refractivity contribution in [1.82, 2.24) is 34.3 Å². The maximum atomic E-state index is 13.7. The van der Waals surface area contributed by atoms with Gasteiger partial charge < -0.3 is 14.9 Å². The summed E-state index contributed by atoms with van der Waals surface area (Å²) in [5.41, 5.74) is 6.71. The first kappa shape index (κ1) is 22.9. The molecule has 0 aliphatic heterocycles. The largest absolute Gasteiger partial charge is 0.345 e. The third kappa shape index (κ3) is 4.33. The van der Waals surface area contributed by atoms with Crippen molar-refractivity contribution in [1.29, 1.82) is 0 Å². The minimum Gasteiger partial charge on any atom is -0.345 e. The van der Waals surface area contributed by atoms with Crippen LogP contribution in [0.25, 0.3) is 28.3 Å². The minimum atomic E-state index is -0.254. The van der Waals surface area contributed by atoms with Crippen molar-refractivity contribution in [2.75, 3.05) is 5.32 Å². The molecule has 2 N–H and O–H groups in total. The quantitative estimate of drug-likeness (QED) is 0.310. The number of anilines is 1. The van der Waals surface area contributed by atoms with Gasteiger partial charge >= 0.3 is 0 Å². The van der Waals surface area contributed by atoms with Gasteiger partial charge in [-0.1, -0.05) is 12.1 Å². The molecule has 0 radical (unpaired) electrons. The topological polar surface area (TPSA) is 106 Å². The lowest BCUT2D eigenvalue weighted by Crippen LogP contribution is -2.16. The molecule has 0 spiro atoms. The van der Waals surface area contributed by atoms with E-state index in [0.29, 0.717) is 17.3 Å². The molecule has 4 heterocycles. The van der Waals surface area contributed by atoms with Gasteiger partial charge in [0.15, 0.2) is 0 Å². The van der Waals surface area contributed by atoms with Crippen LogP contribution in [-0.4, -0.2) is 40.2 Å². The number of rotatable bonds is 7. The molecular weight excluding hydrogens is 464 g/mol. The van der Waals surface area contributed by atoms with Crippen LogP contribution < -0.4 is 5.32 Å². The highest BCUT2D eigenvalue weighted by Crippen LogP contribution is 2.40. The fraction of sp³-hybridized carbons (Fsp3) is 0.250. The van der Waals surface area contributed by atoms with Crippen LogP contribution in [0.5, 0.6) is 0 Å². The summed E-state index contributed by atoms with van der Waals surface area (Å²) < 4.78 is 3.93. The molecule has 9 nitrogen and oxygen atoms in total. The number of aromatic nitrogens is 7. The Labute approximate surface area is 214 Å². The number of nitrogens with zero attached hydrogens (tertiary/aromatic N) is 6. The molecule has 1 saturated carbocycles. The number of nitrogens with one attached hydrogen (secondary N) is 2. The molecule has 0 bridgehead atoms. The van der Waals surface area contributed by atoms with Crippen molar-refractivity contribution in [2.24, 2.45) is 0 Å². The average Bonchev–Trinajstić information content (AvgIpc) is 3.30. The monoisotopic (exact) mass is 492 g/mol. The Morgan fingerprint density at radius 2 is 2.03 bits per heavy atom. The van der Waals surface area contributed by atoms with Crippen LogP contribution in [0.3, 0.4) is 0 Å². The maximum Gasteiger partial charge on any atom is 0.257 e. The van der Waals surface area contributed by atoms with Crippen molar-refractivity contribution < 1.29 is 4.79 Å². The molecule has 4 aromatic heterocycles. The summed E-state index contributed by atoms with van der Waals surface area (Å²) in [7, 11) is 0. The predicted molar refractivity (Wildman–Crippen MR) is 142 cm³/mol. The Bertz CT molecular complexity index is 1570. The SMILES string of the molecule is Cc1ccc(C(=O)Nc2cccc(-c3ccnn3C(C)C)n2)c(-c2cnc[nH]2)c1-n1cnc(C2CC2)c1. The molecule has 0 saturated heterocycles. The molecule has 37 heavy (non-hydrogen) atoms. The highest BCUT2D eigenvalue weighted by molar-refractivity contribution is 6.09. The number of H-pyrrole nitrogens is 1. The number of carbonyl (C=O) groups excluding carboxylic acids is 1. The van der Waals surface area contributed by atoms with Crippen LogP contribution in [0.15, 0.2) is 67.6 Å². The van der Waals surface area contributed by atoms with E-state index >= 15 is 0 Å². The van der Waals surface area contributed by atoms with Crippen LogP contribution in [0, 0.1) is 6.92 Å². The van der Waals surface area contributed by atoms with E-state index < -0.39 is 0 Å². The predicted octanol–water partition coefficient (Wildman–Crippen LogP) is 5.54. The lowest BCUT2D eigenvalue weighted by molar-refractivity contribution is 0.102. The van der Waals surface area contributed by atoms with Crippen molar-refractivity contribution in [3.8, 4) is 28.3 Å². The van der Waals surface area contributed by atoms with Gasteiger partial charge in [0.1, 0.15) is 5.82 Å². The summed E-state index contributed by atoms with van der Waals surface area (Å²) in [6, 6.07) is 11.5. The zero-order valence-corrected chi connectivity index (χ0v) is 21.0. The average molecular weight is 493 g/mol. The van der Waals surface area contributed by atoms with Gasteiger partial charge in [-0.05, 0) is 63.4 Å². The second-order valence-corrected chi connectivity index (χ2v) is 9.72. The Balaban J connectivity index is 1.39. The third-order valence-corrected chi connectivity index (χ3v) is 6.66. The first-order valence-corrected chi connectivity index (χ1v) is 12.5. The molecule has 1 aliphatic rings. The number of imidazole rings is 2. The molecule has 0 unspecified atom stereocenters. The number of benzene rings is 1. The Morgan fingerprint density at radius 1 is 1.16 bits per heavy atom. The minimum absolute atomic E-state index is 0.191. The molecule has 1 aliphatic carbocycles. The molecule has 1 amide bonds. The first-order chi connectivity index (χ1) is 18.0. The molecule has 9 heteroatoms. The summed E-state index contributed by atoms with van der Waals surface area (Å²) in [6.07, 6.45) is 11.4. The van der Waals surface area contributed by atoms with E-state index in [9.17, 15) is 4.79 Å². The van der Waals surface area contributed by atoms with Gasteiger partial charge in [0.2, 0.25) is 0 Å². The summed E-state index contributed by atoms with van der Waals surface area (Å²) in [5, 5.41) is 7.41. The zero-order chi connectivity index (χ0) is 25.5. The number of pyridine rings is 1. The van der Waals surface area contributed by atoms with E-state index in [1.807, 2.05) is 52.8 Å². The third-order valence-electron chi connectivity index (χ3n) is 6.66. The molecule has 6 rings (SSSR count). The van der Waals surface area contributed by atoms with E-state index in [4.69, 9.17) is 4.98 Å². The highest BCUT2D eigenvalue weighted by Gasteiger charge is 2.27. The van der Waals surface area contributed by atoms with Gasteiger partial charge in [-0.3, -0.25) is 9.48 Å². The van der Waals surface area contributed by atoms with Crippen molar-refractivity contribution in [3.05, 3.63) is 84.5 Å². The summed E-state index contributed by atoms with van der Waals surface area (Å²) in [5.74, 6) is 0.750. The summed E-state index contributed by atoms with van der Waals surface area (Å²) >= 11 is 0. The summed E-state index contributed by atoms with van der Waals surface area (Å²) in [6.45, 7) is 6.18. The van der Waals surface area contributed by atoms with Gasteiger partial charge in [0, 0.05) is 29.9 Å². The Hall–Kier alpha value is -4.53. The number of carbonyl (C=O) groups is 1. The fourth-order valence-corrected chi connectivity index (χ4v) is 4.69. The number of aryl methyl sites for hydroxylation is 1. The van der Waals surface area contributed by atoms with Gasteiger partial charge in [-0.2, -0.15) is 5.10 Å². The second kappa shape index (κ2) is 9.16.